The molecule has 2 saturated heterocycles. The maximum absolute atomic E-state index is 11.4. The fraction of sp³-hybridized carbons (Fsp3) is 0.909. The smallest absolute Gasteiger partial charge is 0.306 e. The van der Waals surface area contributed by atoms with Gasteiger partial charge in [0.15, 0.2) is 9.84 Å². The van der Waals surface area contributed by atoms with Crippen LogP contribution in [0.2, 0.25) is 0 Å². The van der Waals surface area contributed by atoms with Gasteiger partial charge in [-0.2, -0.15) is 0 Å². The maximum atomic E-state index is 11.4. The Kier molecular flexibility index (Phi) is 3.45. The van der Waals surface area contributed by atoms with Crippen LogP contribution in [0.15, 0.2) is 0 Å². The summed E-state index contributed by atoms with van der Waals surface area (Å²) >= 11 is 0. The molecule has 5 nitrogen and oxygen atoms in total. The minimum absolute atomic E-state index is 0.102. The van der Waals surface area contributed by atoms with E-state index in [1.54, 1.807) is 0 Å². The van der Waals surface area contributed by atoms with E-state index in [0.29, 0.717) is 25.8 Å². The van der Waals surface area contributed by atoms with E-state index in [1.807, 2.05) is 6.92 Å². The number of likely N-dealkylation sites (tertiary alicyclic amines) is 1. The van der Waals surface area contributed by atoms with Gasteiger partial charge in [0.05, 0.1) is 17.4 Å². The van der Waals surface area contributed by atoms with E-state index in [-0.39, 0.29) is 29.5 Å². The highest BCUT2D eigenvalue weighted by atomic mass is 32.2. The van der Waals surface area contributed by atoms with Crippen LogP contribution in [0.4, 0.5) is 0 Å². The molecule has 2 aliphatic rings. The molecule has 0 aromatic carbocycles. The van der Waals surface area contributed by atoms with E-state index in [1.165, 1.54) is 0 Å². The first-order valence-electron chi connectivity index (χ1n) is 6.08. The van der Waals surface area contributed by atoms with Crippen molar-refractivity contribution in [3.8, 4) is 0 Å². The first-order chi connectivity index (χ1) is 7.89. The summed E-state index contributed by atoms with van der Waals surface area (Å²) in [4.78, 5) is 13.1. The molecule has 0 bridgehead atoms. The van der Waals surface area contributed by atoms with Crippen molar-refractivity contribution in [1.29, 1.82) is 0 Å². The largest absolute Gasteiger partial charge is 0.481 e. The maximum Gasteiger partial charge on any atom is 0.306 e. The Morgan fingerprint density at radius 3 is 2.53 bits per heavy atom. The van der Waals surface area contributed by atoms with Gasteiger partial charge in [0.25, 0.3) is 0 Å². The highest BCUT2D eigenvalue weighted by Gasteiger charge is 2.38. The highest BCUT2D eigenvalue weighted by Crippen LogP contribution is 2.28. The molecule has 3 atom stereocenters. The lowest BCUT2D eigenvalue weighted by Gasteiger charge is -2.39. The Morgan fingerprint density at radius 1 is 1.35 bits per heavy atom. The van der Waals surface area contributed by atoms with E-state index < -0.39 is 15.8 Å². The number of hydrogen-bond donors (Lipinski definition) is 1. The quantitative estimate of drug-likeness (QED) is 0.777. The van der Waals surface area contributed by atoms with Gasteiger partial charge in [-0.25, -0.2) is 8.42 Å². The molecule has 6 heteroatoms. The van der Waals surface area contributed by atoms with Crippen molar-refractivity contribution in [3.05, 3.63) is 0 Å². The predicted octanol–water partition coefficient (Wildman–Crippen LogP) is 0.359. The minimum Gasteiger partial charge on any atom is -0.481 e. The zero-order valence-corrected chi connectivity index (χ0v) is 10.8. The van der Waals surface area contributed by atoms with Crippen LogP contribution >= 0.6 is 0 Å². The first-order valence-corrected chi connectivity index (χ1v) is 7.90. The Labute approximate surface area is 102 Å². The van der Waals surface area contributed by atoms with Crippen molar-refractivity contribution in [1.82, 2.24) is 4.90 Å². The third-order valence-electron chi connectivity index (χ3n) is 3.95. The Balaban J connectivity index is 1.98. The molecule has 98 valence electrons. The predicted molar refractivity (Wildman–Crippen MR) is 63.6 cm³/mol. The van der Waals surface area contributed by atoms with Gasteiger partial charge in [0.2, 0.25) is 0 Å². The number of piperidine rings is 1. The second-order valence-electron chi connectivity index (χ2n) is 5.20. The summed E-state index contributed by atoms with van der Waals surface area (Å²) in [6, 6.07) is 0.271. The highest BCUT2D eigenvalue weighted by molar-refractivity contribution is 7.91. The average molecular weight is 261 g/mol. The van der Waals surface area contributed by atoms with Gasteiger partial charge < -0.3 is 5.11 Å². The molecule has 0 spiro atoms. The fourth-order valence-corrected chi connectivity index (χ4v) is 4.74. The van der Waals surface area contributed by atoms with Crippen molar-refractivity contribution in [2.45, 2.75) is 38.3 Å². The molecule has 0 aromatic rings. The van der Waals surface area contributed by atoms with Crippen molar-refractivity contribution < 1.29 is 18.3 Å². The Bertz CT molecular complexity index is 406. The van der Waals surface area contributed by atoms with E-state index in [0.717, 1.165) is 0 Å². The van der Waals surface area contributed by atoms with Crippen LogP contribution in [-0.4, -0.2) is 54.5 Å². The lowest BCUT2D eigenvalue weighted by Crippen LogP contribution is -2.48. The lowest BCUT2D eigenvalue weighted by molar-refractivity contribution is -0.144. The molecule has 17 heavy (non-hydrogen) atoms. The van der Waals surface area contributed by atoms with Gasteiger partial charge in [0, 0.05) is 12.1 Å². The summed E-state index contributed by atoms with van der Waals surface area (Å²) in [6.07, 6.45) is 1.96. The number of nitrogens with zero attached hydrogens (tertiary/aromatic N) is 1. The van der Waals surface area contributed by atoms with Crippen LogP contribution in [-0.2, 0) is 14.6 Å². The molecule has 2 rings (SSSR count). The number of rotatable bonds is 2. The number of carbonyl (C=O) groups is 1. The van der Waals surface area contributed by atoms with Gasteiger partial charge in [-0.05, 0) is 32.7 Å². The van der Waals surface area contributed by atoms with E-state index in [2.05, 4.69) is 4.90 Å². The standard InChI is InChI=1S/C11H19NO4S/c1-8-6-9(11(13)14)2-4-12(8)10-3-5-17(15,16)7-10/h8-10H,2-7H2,1H3,(H,13,14). The molecule has 0 amide bonds. The SMILES string of the molecule is CC1CC(C(=O)O)CCN1C1CCS(=O)(=O)C1. The molecule has 2 aliphatic heterocycles. The van der Waals surface area contributed by atoms with E-state index >= 15 is 0 Å². The second kappa shape index (κ2) is 4.57. The van der Waals surface area contributed by atoms with Gasteiger partial charge in [-0.1, -0.05) is 0 Å². The van der Waals surface area contributed by atoms with Crippen molar-refractivity contribution in [3.63, 3.8) is 0 Å². The molecular weight excluding hydrogens is 242 g/mol. The second-order valence-corrected chi connectivity index (χ2v) is 7.43. The first kappa shape index (κ1) is 12.8. The zero-order valence-electron chi connectivity index (χ0n) is 10.0. The third-order valence-corrected chi connectivity index (χ3v) is 5.70. The molecular formula is C11H19NO4S. The summed E-state index contributed by atoms with van der Waals surface area (Å²) in [7, 11) is -2.86. The topological polar surface area (TPSA) is 74.7 Å². The van der Waals surface area contributed by atoms with Crippen LogP contribution in [0.5, 0.6) is 0 Å². The van der Waals surface area contributed by atoms with Crippen molar-refractivity contribution in [2.75, 3.05) is 18.1 Å². The lowest BCUT2D eigenvalue weighted by atomic mass is 9.90. The molecule has 2 fully saturated rings. The average Bonchev–Trinajstić information content (AvgIpc) is 2.58. The van der Waals surface area contributed by atoms with Crippen LogP contribution in [0.25, 0.3) is 0 Å². The minimum atomic E-state index is -2.86. The number of carboxylic acid groups (broad SMARTS) is 1. The Morgan fingerprint density at radius 2 is 2.06 bits per heavy atom. The summed E-state index contributed by atoms with van der Waals surface area (Å²) in [5, 5.41) is 8.98. The molecule has 0 saturated carbocycles. The van der Waals surface area contributed by atoms with Gasteiger partial charge in [-0.15, -0.1) is 0 Å². The molecule has 0 aliphatic carbocycles. The molecule has 3 unspecified atom stereocenters. The summed E-state index contributed by atoms with van der Waals surface area (Å²) in [5.41, 5.74) is 0. The Hall–Kier alpha value is -0.620. The number of sulfone groups is 1. The van der Waals surface area contributed by atoms with Gasteiger partial charge in [-0.3, -0.25) is 9.69 Å². The summed E-state index contributed by atoms with van der Waals surface area (Å²) in [5.74, 6) is -0.465. The summed E-state index contributed by atoms with van der Waals surface area (Å²) in [6.45, 7) is 2.71. The van der Waals surface area contributed by atoms with Crippen LogP contribution in [0.3, 0.4) is 0 Å². The van der Waals surface area contributed by atoms with E-state index in [4.69, 9.17) is 5.11 Å². The number of carboxylic acids is 1. The third kappa shape index (κ3) is 2.80. The number of hydrogen-bond acceptors (Lipinski definition) is 4. The molecule has 2 heterocycles. The van der Waals surface area contributed by atoms with Gasteiger partial charge >= 0.3 is 5.97 Å². The summed E-state index contributed by atoms with van der Waals surface area (Å²) < 4.78 is 22.9. The molecule has 0 radical (unpaired) electrons. The van der Waals surface area contributed by atoms with E-state index in [9.17, 15) is 13.2 Å². The monoisotopic (exact) mass is 261 g/mol. The molecule has 1 N–H and O–H groups in total. The zero-order chi connectivity index (χ0) is 12.6. The van der Waals surface area contributed by atoms with Crippen LogP contribution in [0.1, 0.15) is 26.2 Å². The number of aliphatic carboxylic acids is 1. The van der Waals surface area contributed by atoms with Crippen molar-refractivity contribution in [2.24, 2.45) is 5.92 Å². The van der Waals surface area contributed by atoms with Crippen LogP contribution < -0.4 is 0 Å². The molecule has 0 aromatic heterocycles. The van der Waals surface area contributed by atoms with Crippen molar-refractivity contribution >= 4 is 15.8 Å². The normalized spacial score (nSPS) is 38.1. The fourth-order valence-electron chi connectivity index (χ4n) is 2.99. The van der Waals surface area contributed by atoms with Gasteiger partial charge in [0.1, 0.15) is 0 Å². The van der Waals surface area contributed by atoms with Crippen LogP contribution in [0, 0.1) is 5.92 Å².